The monoisotopic (exact) mass is 114 g/mol. The molecular weight excluding hydrogens is 104 g/mol. The Balaban J connectivity index is 2.97. The molecule has 0 aliphatic heterocycles. The van der Waals surface area contributed by atoms with E-state index in [0.717, 1.165) is 6.04 Å². The van der Waals surface area contributed by atoms with E-state index in [1.54, 1.807) is 6.92 Å². The SMILES string of the molecule is C=CC[SiH2]C(C)=O. The summed E-state index contributed by atoms with van der Waals surface area (Å²) in [4.78, 5) is 10.2. The molecule has 0 rings (SSSR count). The summed E-state index contributed by atoms with van der Waals surface area (Å²) in [5.74, 6) is 0. The van der Waals surface area contributed by atoms with Crippen molar-refractivity contribution in [3.05, 3.63) is 12.7 Å². The lowest BCUT2D eigenvalue weighted by molar-refractivity contribution is -0.110. The van der Waals surface area contributed by atoms with Crippen LogP contribution in [-0.2, 0) is 4.79 Å². The molecule has 0 N–H and O–H groups in total. The van der Waals surface area contributed by atoms with Gasteiger partial charge in [0.15, 0.2) is 0 Å². The zero-order valence-corrected chi connectivity index (χ0v) is 6.02. The molecular formula is C5H10OSi. The lowest BCUT2D eigenvalue weighted by Crippen LogP contribution is -1.99. The minimum Gasteiger partial charge on any atom is -0.306 e. The Hall–Kier alpha value is -0.373. The third-order valence-electron chi connectivity index (χ3n) is 0.701. The first-order valence-corrected chi connectivity index (χ1v) is 4.08. The molecule has 0 unspecified atom stereocenters. The Morgan fingerprint density at radius 3 is 2.71 bits per heavy atom. The maximum atomic E-state index is 10.2. The Morgan fingerprint density at radius 2 is 2.57 bits per heavy atom. The van der Waals surface area contributed by atoms with Gasteiger partial charge in [-0.25, -0.2) is 0 Å². The van der Waals surface area contributed by atoms with E-state index < -0.39 is 9.52 Å². The first kappa shape index (κ1) is 6.63. The Kier molecular flexibility index (Phi) is 3.60. The van der Waals surface area contributed by atoms with Gasteiger partial charge in [-0.15, -0.1) is 6.58 Å². The summed E-state index contributed by atoms with van der Waals surface area (Å²) in [6.45, 7) is 5.16. The van der Waals surface area contributed by atoms with Gasteiger partial charge in [-0.2, -0.15) is 0 Å². The van der Waals surface area contributed by atoms with Crippen molar-refractivity contribution < 1.29 is 4.79 Å². The van der Waals surface area contributed by atoms with Crippen molar-refractivity contribution in [2.45, 2.75) is 13.0 Å². The number of carbonyl (C=O) groups is 1. The van der Waals surface area contributed by atoms with Crippen LogP contribution in [-0.4, -0.2) is 14.9 Å². The van der Waals surface area contributed by atoms with Gasteiger partial charge >= 0.3 is 0 Å². The molecule has 0 aromatic carbocycles. The van der Waals surface area contributed by atoms with Crippen LogP contribution in [0.1, 0.15) is 6.92 Å². The molecule has 1 nitrogen and oxygen atoms in total. The zero-order chi connectivity index (χ0) is 5.70. The third kappa shape index (κ3) is 5.63. The van der Waals surface area contributed by atoms with Gasteiger partial charge in [0, 0.05) is 0 Å². The van der Waals surface area contributed by atoms with Crippen LogP contribution in [0.5, 0.6) is 0 Å². The smallest absolute Gasteiger partial charge is 0.104 e. The molecule has 0 aromatic rings. The van der Waals surface area contributed by atoms with Crippen LogP contribution in [0.3, 0.4) is 0 Å². The number of allylic oxidation sites excluding steroid dienone is 1. The summed E-state index contributed by atoms with van der Waals surface area (Å²) in [5.41, 5.74) is 0. The Labute approximate surface area is 46.2 Å². The third-order valence-corrected chi connectivity index (χ3v) is 2.10. The van der Waals surface area contributed by atoms with Crippen molar-refractivity contribution in [2.75, 3.05) is 0 Å². The maximum Gasteiger partial charge on any atom is 0.104 e. The molecule has 0 aromatic heterocycles. The topological polar surface area (TPSA) is 17.1 Å². The molecule has 0 amide bonds. The molecule has 0 spiro atoms. The molecule has 40 valence electrons. The molecule has 0 aliphatic rings. The van der Waals surface area contributed by atoms with Crippen LogP contribution in [0.4, 0.5) is 0 Å². The quantitative estimate of drug-likeness (QED) is 0.381. The van der Waals surface area contributed by atoms with Gasteiger partial charge in [-0.1, -0.05) is 6.08 Å². The summed E-state index contributed by atoms with van der Waals surface area (Å²) in [6.07, 6.45) is 1.81. The normalized spacial score (nSPS) is 9.86. The molecule has 2 heteroatoms. The number of hydrogen-bond acceptors (Lipinski definition) is 1. The van der Waals surface area contributed by atoms with E-state index >= 15 is 0 Å². The van der Waals surface area contributed by atoms with Crippen LogP contribution in [0.2, 0.25) is 6.04 Å². The van der Waals surface area contributed by atoms with Gasteiger partial charge in [0.05, 0.1) is 0 Å². The van der Waals surface area contributed by atoms with E-state index in [9.17, 15) is 4.79 Å². The molecule has 0 radical (unpaired) electrons. The van der Waals surface area contributed by atoms with Crippen molar-refractivity contribution in [1.29, 1.82) is 0 Å². The molecule has 0 bridgehead atoms. The van der Waals surface area contributed by atoms with Crippen molar-refractivity contribution in [3.8, 4) is 0 Å². The van der Waals surface area contributed by atoms with Gasteiger partial charge < -0.3 is 4.79 Å². The van der Waals surface area contributed by atoms with E-state index in [0.29, 0.717) is 5.41 Å². The fourth-order valence-corrected chi connectivity index (χ4v) is 0.916. The number of rotatable bonds is 3. The van der Waals surface area contributed by atoms with E-state index in [-0.39, 0.29) is 0 Å². The van der Waals surface area contributed by atoms with E-state index in [1.165, 1.54) is 0 Å². The molecule has 0 atom stereocenters. The summed E-state index contributed by atoms with van der Waals surface area (Å²) in [6, 6.07) is 0.954. The minimum absolute atomic E-state index is 0.375. The molecule has 0 fully saturated rings. The predicted molar refractivity (Wildman–Crippen MR) is 34.2 cm³/mol. The summed E-state index contributed by atoms with van der Waals surface area (Å²) < 4.78 is 0. The molecule has 0 heterocycles. The van der Waals surface area contributed by atoms with Crippen molar-refractivity contribution in [1.82, 2.24) is 0 Å². The molecule has 0 saturated heterocycles. The largest absolute Gasteiger partial charge is 0.306 e. The second-order valence-corrected chi connectivity index (χ2v) is 3.60. The second kappa shape index (κ2) is 3.80. The average Bonchev–Trinajstić information content (AvgIpc) is 1.61. The van der Waals surface area contributed by atoms with Crippen LogP contribution in [0.15, 0.2) is 12.7 Å². The molecule has 7 heavy (non-hydrogen) atoms. The van der Waals surface area contributed by atoms with Gasteiger partial charge in [-0.3, -0.25) is 0 Å². The summed E-state index contributed by atoms with van der Waals surface area (Å²) in [7, 11) is -0.411. The van der Waals surface area contributed by atoms with Gasteiger partial charge in [0.2, 0.25) is 0 Å². The van der Waals surface area contributed by atoms with Crippen LogP contribution in [0.25, 0.3) is 0 Å². The first-order valence-electron chi connectivity index (χ1n) is 2.37. The van der Waals surface area contributed by atoms with E-state index in [2.05, 4.69) is 6.58 Å². The van der Waals surface area contributed by atoms with Crippen LogP contribution < -0.4 is 0 Å². The molecule has 0 saturated carbocycles. The van der Waals surface area contributed by atoms with Crippen LogP contribution >= 0.6 is 0 Å². The minimum atomic E-state index is -0.411. The van der Waals surface area contributed by atoms with Crippen molar-refractivity contribution >= 4 is 14.9 Å². The highest BCUT2D eigenvalue weighted by Crippen LogP contribution is 1.77. The number of carbonyl (C=O) groups excluding carboxylic acids is 1. The first-order chi connectivity index (χ1) is 3.27. The average molecular weight is 114 g/mol. The number of hydrogen-bond donors (Lipinski definition) is 0. The fourth-order valence-electron chi connectivity index (χ4n) is 0.305. The maximum absolute atomic E-state index is 10.2. The van der Waals surface area contributed by atoms with Crippen molar-refractivity contribution in [2.24, 2.45) is 0 Å². The lowest BCUT2D eigenvalue weighted by atomic mass is 10.8. The summed E-state index contributed by atoms with van der Waals surface area (Å²) >= 11 is 0. The van der Waals surface area contributed by atoms with Gasteiger partial charge in [0.1, 0.15) is 14.9 Å². The predicted octanol–water partition coefficient (Wildman–Crippen LogP) is 0.306. The fraction of sp³-hybridized carbons (Fsp3) is 0.400. The highest BCUT2D eigenvalue weighted by Gasteiger charge is 1.87. The van der Waals surface area contributed by atoms with Gasteiger partial charge in [-0.05, 0) is 13.0 Å². The van der Waals surface area contributed by atoms with E-state index in [1.807, 2.05) is 6.08 Å². The summed E-state index contributed by atoms with van der Waals surface area (Å²) in [5, 5.41) is 0.375. The highest BCUT2D eigenvalue weighted by atomic mass is 28.2. The highest BCUT2D eigenvalue weighted by molar-refractivity contribution is 6.73. The zero-order valence-electron chi connectivity index (χ0n) is 4.61. The Morgan fingerprint density at radius 1 is 2.00 bits per heavy atom. The lowest BCUT2D eigenvalue weighted by Gasteiger charge is -1.81. The van der Waals surface area contributed by atoms with Gasteiger partial charge in [0.25, 0.3) is 0 Å². The van der Waals surface area contributed by atoms with E-state index in [4.69, 9.17) is 0 Å². The second-order valence-electron chi connectivity index (χ2n) is 1.53. The molecule has 0 aliphatic carbocycles. The Bertz CT molecular complexity index is 78.1. The van der Waals surface area contributed by atoms with Crippen molar-refractivity contribution in [3.63, 3.8) is 0 Å². The standard InChI is InChI=1S/C5H10OSi/c1-3-4-7-5(2)6/h3H,1,4,7H2,2H3. The van der Waals surface area contributed by atoms with Crippen LogP contribution in [0, 0.1) is 0 Å².